The molecule has 1 amide bonds. The van der Waals surface area contributed by atoms with Crippen LogP contribution in [0.2, 0.25) is 0 Å². The van der Waals surface area contributed by atoms with Gasteiger partial charge in [0, 0.05) is 25.8 Å². The van der Waals surface area contributed by atoms with E-state index in [-0.39, 0.29) is 11.9 Å². The molecule has 2 bridgehead atoms. The van der Waals surface area contributed by atoms with E-state index in [0.29, 0.717) is 37.0 Å². The van der Waals surface area contributed by atoms with Crippen LogP contribution >= 0.6 is 12.2 Å². The van der Waals surface area contributed by atoms with E-state index in [2.05, 4.69) is 10.2 Å². The summed E-state index contributed by atoms with van der Waals surface area (Å²) in [5.41, 5.74) is 5.19. The van der Waals surface area contributed by atoms with Gasteiger partial charge in [-0.05, 0) is 44.7 Å². The Bertz CT molecular complexity index is 401. The zero-order valence-corrected chi connectivity index (χ0v) is 12.6. The molecule has 0 aromatic heterocycles. The fourth-order valence-corrected chi connectivity index (χ4v) is 4.04. The highest BCUT2D eigenvalue weighted by molar-refractivity contribution is 7.80. The second-order valence-electron chi connectivity index (χ2n) is 6.28. The number of hydrogen-bond acceptors (Lipinski definition) is 4. The van der Waals surface area contributed by atoms with Crippen LogP contribution < -0.4 is 11.1 Å². The highest BCUT2D eigenvalue weighted by Gasteiger charge is 2.45. The Morgan fingerprint density at radius 1 is 1.30 bits per heavy atom. The predicted octanol–water partition coefficient (Wildman–Crippen LogP) is 0.280. The Balaban J connectivity index is 1.69. The molecule has 0 aliphatic carbocycles. The Labute approximate surface area is 125 Å². The molecule has 20 heavy (non-hydrogen) atoms. The normalized spacial score (nSPS) is 35.5. The fourth-order valence-electron chi connectivity index (χ4n) is 3.74. The molecule has 4 heterocycles. The molecule has 5 nitrogen and oxygen atoms in total. The summed E-state index contributed by atoms with van der Waals surface area (Å²) in [6.07, 6.45) is 3.59. The minimum atomic E-state index is -0.695. The van der Waals surface area contributed by atoms with Gasteiger partial charge >= 0.3 is 0 Å². The molecular formula is C14H23N3O2S. The summed E-state index contributed by atoms with van der Waals surface area (Å²) in [7, 11) is 0. The lowest BCUT2D eigenvalue weighted by molar-refractivity contribution is -0.133. The second-order valence-corrected chi connectivity index (χ2v) is 6.72. The quantitative estimate of drug-likeness (QED) is 0.733. The first kappa shape index (κ1) is 14.2. The maximum Gasteiger partial charge on any atom is 0.233 e. The molecule has 4 rings (SSSR count). The number of fused-ring (bicyclic) bond motifs is 3. The van der Waals surface area contributed by atoms with Crippen molar-refractivity contribution in [2.45, 2.75) is 31.7 Å². The molecule has 3 N–H and O–H groups in total. The number of rotatable bonds is 3. The van der Waals surface area contributed by atoms with Gasteiger partial charge in [0.25, 0.3) is 0 Å². The number of hydrogen-bond donors (Lipinski definition) is 2. The lowest BCUT2D eigenvalue weighted by Crippen LogP contribution is -2.61. The number of carbonyl (C=O) groups is 1. The highest BCUT2D eigenvalue weighted by Crippen LogP contribution is 2.33. The maximum atomic E-state index is 12.8. The number of amides is 1. The molecule has 4 aliphatic rings. The van der Waals surface area contributed by atoms with Crippen LogP contribution in [0.25, 0.3) is 0 Å². The third-order valence-electron chi connectivity index (χ3n) is 5.23. The Kier molecular flexibility index (Phi) is 3.97. The van der Waals surface area contributed by atoms with Gasteiger partial charge in [-0.3, -0.25) is 4.79 Å². The van der Waals surface area contributed by atoms with Crippen molar-refractivity contribution in [2.24, 2.45) is 17.1 Å². The first-order chi connectivity index (χ1) is 9.62. The molecule has 0 radical (unpaired) electrons. The van der Waals surface area contributed by atoms with Crippen LogP contribution in [0, 0.1) is 11.3 Å². The number of carbonyl (C=O) groups excluding carboxylic acids is 1. The molecule has 6 heteroatoms. The van der Waals surface area contributed by atoms with E-state index >= 15 is 0 Å². The maximum absolute atomic E-state index is 12.8. The van der Waals surface area contributed by atoms with Gasteiger partial charge in [-0.25, -0.2) is 0 Å². The van der Waals surface area contributed by atoms with Crippen molar-refractivity contribution >= 4 is 23.1 Å². The van der Waals surface area contributed by atoms with Crippen molar-refractivity contribution in [1.82, 2.24) is 10.2 Å². The number of nitrogens with zero attached hydrogens (tertiary/aromatic N) is 1. The van der Waals surface area contributed by atoms with Gasteiger partial charge in [-0.2, -0.15) is 0 Å². The second kappa shape index (κ2) is 5.58. The van der Waals surface area contributed by atoms with Crippen LogP contribution in [-0.2, 0) is 9.53 Å². The van der Waals surface area contributed by atoms with E-state index in [4.69, 9.17) is 22.7 Å². The molecule has 4 aliphatic heterocycles. The van der Waals surface area contributed by atoms with Crippen molar-refractivity contribution in [3.05, 3.63) is 0 Å². The van der Waals surface area contributed by atoms with Crippen LogP contribution in [0.1, 0.15) is 25.7 Å². The van der Waals surface area contributed by atoms with Crippen molar-refractivity contribution < 1.29 is 9.53 Å². The molecule has 0 spiro atoms. The molecule has 1 unspecified atom stereocenters. The lowest BCUT2D eigenvalue weighted by Gasteiger charge is -2.46. The molecule has 0 saturated carbocycles. The number of piperidine rings is 3. The van der Waals surface area contributed by atoms with Gasteiger partial charge in [0.05, 0.1) is 4.99 Å². The number of nitrogens with one attached hydrogen (secondary N) is 1. The van der Waals surface area contributed by atoms with Crippen LogP contribution in [0.3, 0.4) is 0 Å². The van der Waals surface area contributed by atoms with E-state index in [1.54, 1.807) is 0 Å². The summed E-state index contributed by atoms with van der Waals surface area (Å²) in [5, 5.41) is 3.24. The smallest absolute Gasteiger partial charge is 0.233 e. The number of ether oxygens (including phenoxy) is 1. The van der Waals surface area contributed by atoms with Crippen LogP contribution in [-0.4, -0.2) is 54.7 Å². The molecule has 4 fully saturated rings. The Morgan fingerprint density at radius 2 is 1.95 bits per heavy atom. The predicted molar refractivity (Wildman–Crippen MR) is 80.4 cm³/mol. The third kappa shape index (κ3) is 2.44. The zero-order valence-electron chi connectivity index (χ0n) is 11.8. The average molecular weight is 297 g/mol. The largest absolute Gasteiger partial charge is 0.392 e. The molecule has 0 aromatic rings. The standard InChI is InChI=1S/C14H23N3O2S/c15-12(20)14(3-7-19-8-4-14)13(18)16-11-9-17-5-1-10(11)2-6-17/h10-11H,1-9H2,(H2,15,20)(H,16,18). The van der Waals surface area contributed by atoms with E-state index < -0.39 is 5.41 Å². The molecule has 4 saturated heterocycles. The van der Waals surface area contributed by atoms with Crippen LogP contribution in [0.15, 0.2) is 0 Å². The van der Waals surface area contributed by atoms with Crippen molar-refractivity contribution in [3.8, 4) is 0 Å². The van der Waals surface area contributed by atoms with E-state index in [0.717, 1.165) is 6.54 Å². The van der Waals surface area contributed by atoms with Gasteiger partial charge in [-0.15, -0.1) is 0 Å². The Morgan fingerprint density at radius 3 is 2.45 bits per heavy atom. The average Bonchev–Trinajstić information content (AvgIpc) is 2.49. The van der Waals surface area contributed by atoms with Crippen molar-refractivity contribution in [2.75, 3.05) is 32.8 Å². The molecular weight excluding hydrogens is 274 g/mol. The summed E-state index contributed by atoms with van der Waals surface area (Å²) in [6.45, 7) is 4.44. The lowest BCUT2D eigenvalue weighted by atomic mass is 9.77. The highest BCUT2D eigenvalue weighted by atomic mass is 32.1. The van der Waals surface area contributed by atoms with Gasteiger partial charge in [0.2, 0.25) is 5.91 Å². The van der Waals surface area contributed by atoms with Gasteiger partial charge in [0.15, 0.2) is 0 Å². The topological polar surface area (TPSA) is 67.6 Å². The number of thiocarbonyl (C=S) groups is 1. The molecule has 0 aromatic carbocycles. The summed E-state index contributed by atoms with van der Waals surface area (Å²) in [4.78, 5) is 15.5. The van der Waals surface area contributed by atoms with Gasteiger partial charge in [-0.1, -0.05) is 12.2 Å². The summed E-state index contributed by atoms with van der Waals surface area (Å²) in [6, 6.07) is 0.263. The SMILES string of the molecule is NC(=S)C1(C(=O)NC2CN3CCC2CC3)CCOCC1. The van der Waals surface area contributed by atoms with Crippen molar-refractivity contribution in [3.63, 3.8) is 0 Å². The first-order valence-corrected chi connectivity index (χ1v) is 7.94. The summed E-state index contributed by atoms with van der Waals surface area (Å²) in [5.74, 6) is 0.638. The minimum absolute atomic E-state index is 0.0204. The van der Waals surface area contributed by atoms with E-state index in [1.807, 2.05) is 0 Å². The van der Waals surface area contributed by atoms with E-state index in [1.165, 1.54) is 25.9 Å². The van der Waals surface area contributed by atoms with E-state index in [9.17, 15) is 4.79 Å². The van der Waals surface area contributed by atoms with Crippen molar-refractivity contribution in [1.29, 1.82) is 0 Å². The minimum Gasteiger partial charge on any atom is -0.392 e. The van der Waals surface area contributed by atoms with Gasteiger partial charge < -0.3 is 20.7 Å². The van der Waals surface area contributed by atoms with Gasteiger partial charge in [0.1, 0.15) is 5.41 Å². The summed E-state index contributed by atoms with van der Waals surface area (Å²) >= 11 is 5.19. The fraction of sp³-hybridized carbons (Fsp3) is 0.857. The molecule has 1 atom stereocenters. The van der Waals surface area contributed by atoms with Crippen LogP contribution in [0.5, 0.6) is 0 Å². The monoisotopic (exact) mass is 297 g/mol. The van der Waals surface area contributed by atoms with Crippen LogP contribution in [0.4, 0.5) is 0 Å². The number of nitrogens with two attached hydrogens (primary N) is 1. The summed E-state index contributed by atoms with van der Waals surface area (Å²) < 4.78 is 5.36. The zero-order chi connectivity index (χ0) is 14.2. The Hall–Kier alpha value is -0.720. The third-order valence-corrected chi connectivity index (χ3v) is 5.62. The molecule has 112 valence electrons. The first-order valence-electron chi connectivity index (χ1n) is 7.53.